The van der Waals surface area contributed by atoms with Crippen molar-refractivity contribution in [2.75, 3.05) is 0 Å². The van der Waals surface area contributed by atoms with Gasteiger partial charge < -0.3 is 10.3 Å². The molecule has 84 valence electrons. The second kappa shape index (κ2) is 4.79. The van der Waals surface area contributed by atoms with E-state index in [1.165, 1.54) is 25.1 Å². The van der Waals surface area contributed by atoms with Gasteiger partial charge in [0.2, 0.25) is 0 Å². The van der Waals surface area contributed by atoms with Crippen molar-refractivity contribution in [2.45, 2.75) is 57.5 Å². The molecular weight excluding hydrogens is 186 g/mol. The van der Waals surface area contributed by atoms with E-state index in [-0.39, 0.29) is 0 Å². The summed E-state index contributed by atoms with van der Waals surface area (Å²) in [5.74, 6) is 1.23. The zero-order valence-electron chi connectivity index (χ0n) is 9.52. The molecule has 0 radical (unpaired) electrons. The van der Waals surface area contributed by atoms with Gasteiger partial charge in [-0.15, -0.1) is 0 Å². The first-order chi connectivity index (χ1) is 7.31. The number of rotatable bonds is 3. The summed E-state index contributed by atoms with van der Waals surface area (Å²) < 4.78 is 2.35. The normalized spacial score (nSPS) is 26.8. The van der Waals surface area contributed by atoms with Crippen molar-refractivity contribution < 1.29 is 0 Å². The van der Waals surface area contributed by atoms with Gasteiger partial charge in [-0.25, -0.2) is 4.98 Å². The number of hydrogen-bond donors (Lipinski definition) is 1. The van der Waals surface area contributed by atoms with Gasteiger partial charge in [0.25, 0.3) is 0 Å². The first kappa shape index (κ1) is 10.7. The van der Waals surface area contributed by atoms with E-state index in [0.29, 0.717) is 12.1 Å². The van der Waals surface area contributed by atoms with Crippen LogP contribution in [0.1, 0.15) is 50.9 Å². The average Bonchev–Trinajstić information content (AvgIpc) is 2.66. The summed E-state index contributed by atoms with van der Waals surface area (Å²) in [5, 5.41) is 0. The minimum Gasteiger partial charge on any atom is -0.332 e. The molecule has 0 spiro atoms. The second-order valence-corrected chi connectivity index (χ2v) is 4.58. The third kappa shape index (κ3) is 2.40. The molecule has 2 N–H and O–H groups in total. The highest BCUT2D eigenvalue weighted by molar-refractivity contribution is 4.97. The Morgan fingerprint density at radius 1 is 1.53 bits per heavy atom. The van der Waals surface area contributed by atoms with Crippen LogP contribution in [0.15, 0.2) is 12.4 Å². The Labute approximate surface area is 91.7 Å². The Bertz CT molecular complexity index is 306. The number of hydrogen-bond acceptors (Lipinski definition) is 2. The van der Waals surface area contributed by atoms with Crippen LogP contribution in [-0.4, -0.2) is 15.6 Å². The van der Waals surface area contributed by atoms with E-state index in [1.54, 1.807) is 0 Å². The van der Waals surface area contributed by atoms with Crippen LogP contribution in [0.25, 0.3) is 0 Å². The first-order valence-electron chi connectivity index (χ1n) is 6.08. The summed E-state index contributed by atoms with van der Waals surface area (Å²) in [4.78, 5) is 4.43. The lowest BCUT2D eigenvalue weighted by molar-refractivity contribution is 0.313. The van der Waals surface area contributed by atoms with Gasteiger partial charge in [-0.05, 0) is 32.1 Å². The number of nitrogens with zero attached hydrogens (tertiary/aromatic N) is 2. The molecule has 0 bridgehead atoms. The fourth-order valence-corrected chi connectivity index (χ4v) is 2.55. The molecule has 0 saturated heterocycles. The maximum Gasteiger partial charge on any atom is 0.108 e. The molecule has 0 amide bonds. The molecule has 2 atom stereocenters. The van der Waals surface area contributed by atoms with Crippen molar-refractivity contribution in [2.24, 2.45) is 5.73 Å². The van der Waals surface area contributed by atoms with Gasteiger partial charge in [0, 0.05) is 30.9 Å². The number of imidazole rings is 1. The zero-order valence-corrected chi connectivity index (χ0v) is 9.52. The van der Waals surface area contributed by atoms with Crippen molar-refractivity contribution in [3.8, 4) is 0 Å². The van der Waals surface area contributed by atoms with Crippen molar-refractivity contribution in [3.63, 3.8) is 0 Å². The summed E-state index contributed by atoms with van der Waals surface area (Å²) in [6, 6.07) is 0.985. The Morgan fingerprint density at radius 2 is 2.40 bits per heavy atom. The van der Waals surface area contributed by atoms with E-state index in [2.05, 4.69) is 22.7 Å². The molecule has 3 heteroatoms. The Hall–Kier alpha value is -0.830. The number of nitrogens with two attached hydrogens (primary N) is 1. The Balaban J connectivity index is 2.10. The molecule has 1 aliphatic carbocycles. The van der Waals surface area contributed by atoms with Gasteiger partial charge in [-0.1, -0.05) is 6.92 Å². The molecule has 0 aromatic carbocycles. The molecule has 0 aliphatic heterocycles. The van der Waals surface area contributed by atoms with Crippen LogP contribution in [0.5, 0.6) is 0 Å². The van der Waals surface area contributed by atoms with Crippen molar-refractivity contribution in [3.05, 3.63) is 18.2 Å². The summed E-state index contributed by atoms with van der Waals surface area (Å²) in [6.45, 7) is 2.20. The van der Waals surface area contributed by atoms with Gasteiger partial charge in [0.1, 0.15) is 5.82 Å². The molecule has 3 nitrogen and oxygen atoms in total. The van der Waals surface area contributed by atoms with E-state index in [4.69, 9.17) is 5.73 Å². The predicted octanol–water partition coefficient (Wildman–Crippen LogP) is 2.28. The maximum atomic E-state index is 6.02. The van der Waals surface area contributed by atoms with E-state index < -0.39 is 0 Å². The van der Waals surface area contributed by atoms with E-state index in [0.717, 1.165) is 19.3 Å². The minimum absolute atomic E-state index is 0.389. The lowest BCUT2D eigenvalue weighted by Gasteiger charge is -2.28. The molecule has 1 aliphatic rings. The van der Waals surface area contributed by atoms with Gasteiger partial charge in [0.15, 0.2) is 0 Å². The van der Waals surface area contributed by atoms with E-state index >= 15 is 0 Å². The van der Waals surface area contributed by atoms with Gasteiger partial charge in [-0.3, -0.25) is 0 Å². The topological polar surface area (TPSA) is 43.8 Å². The molecule has 1 aromatic heterocycles. The van der Waals surface area contributed by atoms with Crippen molar-refractivity contribution in [1.82, 2.24) is 9.55 Å². The smallest absolute Gasteiger partial charge is 0.108 e. The SMILES string of the molecule is CCCc1nccn1C1CCCC(N)C1. The second-order valence-electron chi connectivity index (χ2n) is 4.58. The fraction of sp³-hybridized carbons (Fsp3) is 0.750. The van der Waals surface area contributed by atoms with Gasteiger partial charge >= 0.3 is 0 Å². The monoisotopic (exact) mass is 207 g/mol. The molecule has 1 heterocycles. The number of aromatic nitrogens is 2. The maximum absolute atomic E-state index is 6.02. The van der Waals surface area contributed by atoms with Crippen LogP contribution < -0.4 is 5.73 Å². The number of aryl methyl sites for hydroxylation is 1. The highest BCUT2D eigenvalue weighted by Crippen LogP contribution is 2.28. The first-order valence-corrected chi connectivity index (χ1v) is 6.08. The zero-order chi connectivity index (χ0) is 10.7. The van der Waals surface area contributed by atoms with Crippen molar-refractivity contribution >= 4 is 0 Å². The molecule has 1 saturated carbocycles. The van der Waals surface area contributed by atoms with Gasteiger partial charge in [-0.2, -0.15) is 0 Å². The van der Waals surface area contributed by atoms with Crippen LogP contribution in [0, 0.1) is 0 Å². The molecular formula is C12H21N3. The quantitative estimate of drug-likeness (QED) is 0.826. The average molecular weight is 207 g/mol. The van der Waals surface area contributed by atoms with Crippen LogP contribution in [0.2, 0.25) is 0 Å². The van der Waals surface area contributed by atoms with Gasteiger partial charge in [0.05, 0.1) is 0 Å². The third-order valence-corrected chi connectivity index (χ3v) is 3.30. The summed E-state index contributed by atoms with van der Waals surface area (Å²) in [7, 11) is 0. The Morgan fingerprint density at radius 3 is 3.13 bits per heavy atom. The van der Waals surface area contributed by atoms with Crippen LogP contribution >= 0.6 is 0 Å². The lowest BCUT2D eigenvalue weighted by Crippen LogP contribution is -2.29. The molecule has 1 aromatic rings. The standard InChI is InChI=1S/C12H21N3/c1-2-4-12-14-7-8-15(12)11-6-3-5-10(13)9-11/h7-8,10-11H,2-6,9,13H2,1H3. The van der Waals surface area contributed by atoms with Crippen LogP contribution in [0.4, 0.5) is 0 Å². The third-order valence-electron chi connectivity index (χ3n) is 3.30. The minimum atomic E-state index is 0.389. The molecule has 1 fully saturated rings. The van der Waals surface area contributed by atoms with Crippen LogP contribution in [-0.2, 0) is 6.42 Å². The summed E-state index contributed by atoms with van der Waals surface area (Å²) in [6.07, 6.45) is 11.1. The largest absolute Gasteiger partial charge is 0.332 e. The summed E-state index contributed by atoms with van der Waals surface area (Å²) in [5.41, 5.74) is 6.02. The highest BCUT2D eigenvalue weighted by atomic mass is 15.1. The van der Waals surface area contributed by atoms with Crippen LogP contribution in [0.3, 0.4) is 0 Å². The molecule has 15 heavy (non-hydrogen) atoms. The Kier molecular flexibility index (Phi) is 3.41. The highest BCUT2D eigenvalue weighted by Gasteiger charge is 2.21. The molecule has 2 unspecified atom stereocenters. The fourth-order valence-electron chi connectivity index (χ4n) is 2.55. The van der Waals surface area contributed by atoms with E-state index in [1.807, 2.05) is 6.20 Å². The predicted molar refractivity (Wildman–Crippen MR) is 61.7 cm³/mol. The molecule has 2 rings (SSSR count). The van der Waals surface area contributed by atoms with E-state index in [9.17, 15) is 0 Å². The lowest BCUT2D eigenvalue weighted by atomic mass is 9.91. The van der Waals surface area contributed by atoms with Crippen molar-refractivity contribution in [1.29, 1.82) is 0 Å². The summed E-state index contributed by atoms with van der Waals surface area (Å²) >= 11 is 0.